The van der Waals surface area contributed by atoms with Gasteiger partial charge in [0.2, 0.25) is 11.8 Å². The lowest BCUT2D eigenvalue weighted by Crippen LogP contribution is -2.22. The van der Waals surface area contributed by atoms with E-state index in [0.717, 1.165) is 22.6 Å². The Kier molecular flexibility index (Phi) is 5.94. The highest BCUT2D eigenvalue weighted by Gasteiger charge is 2.24. The third kappa shape index (κ3) is 5.47. The smallest absolute Gasteiger partial charge is 0.226 e. The largest absolute Gasteiger partial charge is 0.493 e. The summed E-state index contributed by atoms with van der Waals surface area (Å²) in [5, 5.41) is 2.96. The highest BCUT2D eigenvalue weighted by molar-refractivity contribution is 5.76. The summed E-state index contributed by atoms with van der Waals surface area (Å²) in [7, 11) is 0. The molecule has 1 radical (unpaired) electrons. The van der Waals surface area contributed by atoms with E-state index in [1.54, 1.807) is 0 Å². The third-order valence-corrected chi connectivity index (χ3v) is 4.99. The summed E-state index contributed by atoms with van der Waals surface area (Å²) >= 11 is 0. The van der Waals surface area contributed by atoms with Crippen molar-refractivity contribution < 1.29 is 13.9 Å². The van der Waals surface area contributed by atoms with Crippen molar-refractivity contribution in [1.29, 1.82) is 0 Å². The minimum atomic E-state index is 0.114. The van der Waals surface area contributed by atoms with E-state index < -0.39 is 0 Å². The Morgan fingerprint density at radius 1 is 1.21 bits per heavy atom. The van der Waals surface area contributed by atoms with Crippen LogP contribution in [0.3, 0.4) is 0 Å². The van der Waals surface area contributed by atoms with Gasteiger partial charge in [0.15, 0.2) is 0 Å². The molecule has 3 aromatic rings. The van der Waals surface area contributed by atoms with Crippen LogP contribution < -0.4 is 10.1 Å². The van der Waals surface area contributed by atoms with E-state index in [4.69, 9.17) is 9.15 Å². The number of benzene rings is 2. The molecule has 0 saturated heterocycles. The quantitative estimate of drug-likeness (QED) is 0.586. The van der Waals surface area contributed by atoms with Crippen LogP contribution in [0.15, 0.2) is 52.9 Å². The minimum absolute atomic E-state index is 0.114. The molecule has 1 saturated carbocycles. The Bertz CT molecular complexity index is 961. The number of carbonyl (C=O) groups is 1. The van der Waals surface area contributed by atoms with Gasteiger partial charge in [0.05, 0.1) is 12.3 Å². The van der Waals surface area contributed by atoms with Crippen molar-refractivity contribution in [2.45, 2.75) is 39.2 Å². The lowest BCUT2D eigenvalue weighted by Gasteiger charge is -2.08. The Labute approximate surface area is 171 Å². The standard InChI is InChI=1S/C24H25N2O3/c1-17-22(26-24(29-17)20-7-3-2-4-8-20)12-13-28-21-9-5-6-19(14-21)16-25-23(27)15-18-10-11-18/h2-9,18H,10-13,15-16H2,1H3,(H,25,27). The molecule has 0 unspecified atom stereocenters. The van der Waals surface area contributed by atoms with E-state index in [9.17, 15) is 4.79 Å². The van der Waals surface area contributed by atoms with Crippen molar-refractivity contribution >= 4 is 5.91 Å². The van der Waals surface area contributed by atoms with Crippen molar-refractivity contribution in [3.05, 3.63) is 71.6 Å². The van der Waals surface area contributed by atoms with Gasteiger partial charge >= 0.3 is 0 Å². The first-order valence-corrected chi connectivity index (χ1v) is 10.1. The Hall–Kier alpha value is -3.08. The average molecular weight is 389 g/mol. The minimum Gasteiger partial charge on any atom is -0.493 e. The fraction of sp³-hybridized carbons (Fsp3) is 0.333. The number of aryl methyl sites for hydroxylation is 1. The summed E-state index contributed by atoms with van der Waals surface area (Å²) < 4.78 is 11.6. The van der Waals surface area contributed by atoms with Gasteiger partial charge in [0.25, 0.3) is 0 Å². The Morgan fingerprint density at radius 3 is 2.83 bits per heavy atom. The normalized spacial score (nSPS) is 13.3. The maximum absolute atomic E-state index is 11.8. The van der Waals surface area contributed by atoms with E-state index >= 15 is 0 Å². The highest BCUT2D eigenvalue weighted by Crippen LogP contribution is 2.32. The predicted molar refractivity (Wildman–Crippen MR) is 110 cm³/mol. The maximum Gasteiger partial charge on any atom is 0.226 e. The van der Waals surface area contributed by atoms with Gasteiger partial charge in [-0.05, 0) is 49.4 Å². The second-order valence-corrected chi connectivity index (χ2v) is 7.45. The van der Waals surface area contributed by atoms with Crippen LogP contribution in [0.25, 0.3) is 11.5 Å². The van der Waals surface area contributed by atoms with Crippen molar-refractivity contribution in [3.63, 3.8) is 0 Å². The van der Waals surface area contributed by atoms with Crippen molar-refractivity contribution in [2.75, 3.05) is 6.61 Å². The zero-order valence-electron chi connectivity index (χ0n) is 16.6. The van der Waals surface area contributed by atoms with Crippen LogP contribution in [0.2, 0.25) is 0 Å². The van der Waals surface area contributed by atoms with Crippen molar-refractivity contribution in [1.82, 2.24) is 10.3 Å². The number of rotatable bonds is 9. The zero-order chi connectivity index (χ0) is 20.1. The molecular weight excluding hydrogens is 364 g/mol. The molecule has 1 aliphatic rings. The summed E-state index contributed by atoms with van der Waals surface area (Å²) in [6.07, 6.45) is 3.65. The van der Waals surface area contributed by atoms with E-state index in [-0.39, 0.29) is 5.91 Å². The molecule has 5 heteroatoms. The van der Waals surface area contributed by atoms with E-state index in [2.05, 4.69) is 16.4 Å². The summed E-state index contributed by atoms with van der Waals surface area (Å²) in [6, 6.07) is 18.8. The van der Waals surface area contributed by atoms with Crippen LogP contribution in [-0.2, 0) is 17.8 Å². The van der Waals surface area contributed by atoms with Crippen molar-refractivity contribution in [3.8, 4) is 17.2 Å². The zero-order valence-corrected chi connectivity index (χ0v) is 16.6. The molecule has 4 rings (SSSR count). The number of ether oxygens (including phenoxy) is 1. The van der Waals surface area contributed by atoms with Crippen LogP contribution in [0.5, 0.6) is 5.75 Å². The van der Waals surface area contributed by atoms with E-state index in [0.29, 0.717) is 43.6 Å². The molecule has 2 aromatic carbocycles. The molecule has 0 aliphatic heterocycles. The molecule has 0 atom stereocenters. The van der Waals surface area contributed by atoms with Crippen LogP contribution in [0.4, 0.5) is 0 Å². The van der Waals surface area contributed by atoms with Crippen molar-refractivity contribution in [2.24, 2.45) is 5.92 Å². The van der Waals surface area contributed by atoms with Gasteiger partial charge in [-0.15, -0.1) is 0 Å². The maximum atomic E-state index is 11.8. The summed E-state index contributed by atoms with van der Waals surface area (Å²) in [5.41, 5.74) is 2.77. The number of aromatic nitrogens is 1. The molecular formula is C24H25N2O3. The molecule has 1 aliphatic carbocycles. The number of hydrogen-bond donors (Lipinski definition) is 1. The van der Waals surface area contributed by atoms with Gasteiger partial charge in [0.1, 0.15) is 11.5 Å². The van der Waals surface area contributed by atoms with E-state index in [1.807, 2.05) is 55.5 Å². The fourth-order valence-corrected chi connectivity index (χ4v) is 3.15. The molecule has 0 bridgehead atoms. The average Bonchev–Trinajstić information content (AvgIpc) is 3.48. The lowest BCUT2D eigenvalue weighted by molar-refractivity contribution is -0.121. The molecule has 0 spiro atoms. The van der Waals surface area contributed by atoms with Gasteiger partial charge in [0, 0.05) is 31.0 Å². The Morgan fingerprint density at radius 2 is 2.03 bits per heavy atom. The van der Waals surface area contributed by atoms with Crippen LogP contribution in [0, 0.1) is 18.9 Å². The second-order valence-electron chi connectivity index (χ2n) is 7.45. The summed E-state index contributed by atoms with van der Waals surface area (Å²) in [4.78, 5) is 16.4. The van der Waals surface area contributed by atoms with Gasteiger partial charge in [-0.2, -0.15) is 0 Å². The van der Waals surface area contributed by atoms with E-state index in [1.165, 1.54) is 12.8 Å². The molecule has 5 nitrogen and oxygen atoms in total. The van der Waals surface area contributed by atoms with Gasteiger partial charge in [-0.1, -0.05) is 30.3 Å². The molecule has 1 aromatic heterocycles. The fourth-order valence-electron chi connectivity index (χ4n) is 3.15. The first kappa shape index (κ1) is 19.2. The molecule has 1 fully saturated rings. The number of oxazole rings is 1. The lowest BCUT2D eigenvalue weighted by atomic mass is 10.2. The second kappa shape index (κ2) is 8.95. The monoisotopic (exact) mass is 389 g/mol. The molecule has 1 heterocycles. The van der Waals surface area contributed by atoms with Gasteiger partial charge < -0.3 is 14.5 Å². The first-order chi connectivity index (χ1) is 14.2. The summed E-state index contributed by atoms with van der Waals surface area (Å²) in [6.45, 7) is 2.88. The van der Waals surface area contributed by atoms with Gasteiger partial charge in [-0.25, -0.2) is 4.98 Å². The number of hydrogen-bond acceptors (Lipinski definition) is 4. The molecule has 1 N–H and O–H groups in total. The number of nitrogens with zero attached hydrogens (tertiary/aromatic N) is 1. The molecule has 29 heavy (non-hydrogen) atoms. The SMILES string of the molecule is Cc1oc(-c2ccccc2)nc1CCOc1[c]c(CNC(=O)CC2CC2)ccc1. The summed E-state index contributed by atoms with van der Waals surface area (Å²) in [5.74, 6) is 2.82. The topological polar surface area (TPSA) is 64.4 Å². The highest BCUT2D eigenvalue weighted by atomic mass is 16.5. The third-order valence-electron chi connectivity index (χ3n) is 4.99. The van der Waals surface area contributed by atoms with Gasteiger partial charge in [-0.3, -0.25) is 4.79 Å². The predicted octanol–water partition coefficient (Wildman–Crippen LogP) is 4.49. The van der Waals surface area contributed by atoms with Crippen LogP contribution >= 0.6 is 0 Å². The number of nitrogens with one attached hydrogen (secondary N) is 1. The molecule has 1 amide bonds. The molecule has 149 valence electrons. The first-order valence-electron chi connectivity index (χ1n) is 10.1. The van der Waals surface area contributed by atoms with Crippen LogP contribution in [-0.4, -0.2) is 17.5 Å². The number of carbonyl (C=O) groups excluding carboxylic acids is 1. The Balaban J connectivity index is 1.28. The number of amides is 1. The van der Waals surface area contributed by atoms with Crippen LogP contribution in [0.1, 0.15) is 36.3 Å².